The Bertz CT molecular complexity index is 877. The molecule has 2 heterocycles. The fourth-order valence-electron chi connectivity index (χ4n) is 4.23. The second-order valence-electron chi connectivity index (χ2n) is 7.83. The summed E-state index contributed by atoms with van der Waals surface area (Å²) in [5.74, 6) is -1.21. The topological polar surface area (TPSA) is 70.2 Å². The maximum Gasteiger partial charge on any atom is 0.336 e. The zero-order chi connectivity index (χ0) is 22.5. The Morgan fingerprint density at radius 3 is 2.48 bits per heavy atom. The van der Waals surface area contributed by atoms with Crippen LogP contribution in [0, 0.1) is 0 Å². The van der Waals surface area contributed by atoms with Crippen molar-refractivity contribution in [3.63, 3.8) is 0 Å². The number of hydrogen-bond acceptors (Lipinski definition) is 5. The van der Waals surface area contributed by atoms with Gasteiger partial charge in [0.2, 0.25) is 11.8 Å². The lowest BCUT2D eigenvalue weighted by molar-refractivity contribution is -0.143. The maximum absolute atomic E-state index is 13.0. The van der Waals surface area contributed by atoms with Crippen LogP contribution in [0.15, 0.2) is 35.5 Å². The highest BCUT2D eigenvalue weighted by Gasteiger charge is 2.38. The van der Waals surface area contributed by atoms with Crippen molar-refractivity contribution in [2.24, 2.45) is 0 Å². The number of piperazine rings is 1. The molecule has 31 heavy (non-hydrogen) atoms. The molecule has 0 N–H and O–H groups in total. The number of nitrogens with zero attached hydrogens (tertiary/aromatic N) is 3. The van der Waals surface area contributed by atoms with Gasteiger partial charge in [-0.3, -0.25) is 9.59 Å². The van der Waals surface area contributed by atoms with Gasteiger partial charge in [0.25, 0.3) is 0 Å². The normalized spacial score (nSPS) is 20.3. The molecule has 0 aromatic heterocycles. The highest BCUT2D eigenvalue weighted by molar-refractivity contribution is 6.30. The number of esters is 1. The molecular formula is C23H30ClN3O4. The SMILES string of the molecule is CCOC(=O)C1=C(C)N(CC(=O)N2CCN(CC)CC2)C(=O)CC1c1cccc(Cl)c1. The zero-order valence-electron chi connectivity index (χ0n) is 18.4. The van der Waals surface area contributed by atoms with Gasteiger partial charge in [0.15, 0.2) is 0 Å². The minimum Gasteiger partial charge on any atom is -0.463 e. The third-order valence-corrected chi connectivity index (χ3v) is 6.27. The summed E-state index contributed by atoms with van der Waals surface area (Å²) in [6.07, 6.45) is 0.0860. The second-order valence-corrected chi connectivity index (χ2v) is 8.26. The minimum absolute atomic E-state index is 0.0675. The maximum atomic E-state index is 13.0. The van der Waals surface area contributed by atoms with Gasteiger partial charge < -0.3 is 19.4 Å². The number of benzene rings is 1. The monoisotopic (exact) mass is 447 g/mol. The zero-order valence-corrected chi connectivity index (χ0v) is 19.2. The summed E-state index contributed by atoms with van der Waals surface area (Å²) in [6.45, 7) is 9.63. The number of carbonyl (C=O) groups excluding carboxylic acids is 3. The second kappa shape index (κ2) is 10.3. The summed E-state index contributed by atoms with van der Waals surface area (Å²) in [4.78, 5) is 44.3. The highest BCUT2D eigenvalue weighted by atomic mass is 35.5. The first-order chi connectivity index (χ1) is 14.8. The van der Waals surface area contributed by atoms with Crippen molar-refractivity contribution in [2.75, 3.05) is 45.9 Å². The molecule has 7 nitrogen and oxygen atoms in total. The van der Waals surface area contributed by atoms with E-state index in [0.717, 1.165) is 25.2 Å². The fraction of sp³-hybridized carbons (Fsp3) is 0.522. The lowest BCUT2D eigenvalue weighted by atomic mass is 9.83. The summed E-state index contributed by atoms with van der Waals surface area (Å²) >= 11 is 6.15. The average molecular weight is 448 g/mol. The molecule has 0 spiro atoms. The number of allylic oxidation sites excluding steroid dienone is 1. The molecule has 0 bridgehead atoms. The molecule has 2 aliphatic rings. The number of carbonyl (C=O) groups is 3. The summed E-state index contributed by atoms with van der Waals surface area (Å²) in [5, 5.41) is 0.537. The van der Waals surface area contributed by atoms with Crippen LogP contribution >= 0.6 is 11.6 Å². The molecule has 0 aliphatic carbocycles. The van der Waals surface area contributed by atoms with Gasteiger partial charge in [0, 0.05) is 49.2 Å². The molecule has 1 fully saturated rings. The lowest BCUT2D eigenvalue weighted by Crippen LogP contribution is -2.52. The molecule has 1 unspecified atom stereocenters. The first-order valence-corrected chi connectivity index (χ1v) is 11.2. The molecule has 3 rings (SSSR count). The number of amides is 2. The van der Waals surface area contributed by atoms with Crippen molar-refractivity contribution in [3.8, 4) is 0 Å². The minimum atomic E-state index is -0.466. The van der Waals surface area contributed by atoms with Gasteiger partial charge in [0.1, 0.15) is 6.54 Å². The quantitative estimate of drug-likeness (QED) is 0.627. The van der Waals surface area contributed by atoms with Crippen molar-refractivity contribution >= 4 is 29.4 Å². The van der Waals surface area contributed by atoms with Crippen molar-refractivity contribution in [1.29, 1.82) is 0 Å². The Balaban J connectivity index is 1.86. The van der Waals surface area contributed by atoms with Gasteiger partial charge in [-0.05, 0) is 38.1 Å². The summed E-state index contributed by atoms with van der Waals surface area (Å²) in [5.41, 5.74) is 1.66. The number of halogens is 1. The van der Waals surface area contributed by atoms with E-state index in [0.29, 0.717) is 29.4 Å². The van der Waals surface area contributed by atoms with E-state index in [2.05, 4.69) is 11.8 Å². The van der Waals surface area contributed by atoms with Crippen LogP contribution in [0.3, 0.4) is 0 Å². The summed E-state index contributed by atoms with van der Waals surface area (Å²) in [6, 6.07) is 7.16. The van der Waals surface area contributed by atoms with Crippen LogP contribution in [0.2, 0.25) is 5.02 Å². The number of ether oxygens (including phenoxy) is 1. The van der Waals surface area contributed by atoms with Gasteiger partial charge in [-0.2, -0.15) is 0 Å². The molecule has 2 aliphatic heterocycles. The fourth-order valence-corrected chi connectivity index (χ4v) is 4.43. The Kier molecular flexibility index (Phi) is 7.73. The highest BCUT2D eigenvalue weighted by Crippen LogP contribution is 2.37. The van der Waals surface area contributed by atoms with E-state index < -0.39 is 11.9 Å². The van der Waals surface area contributed by atoms with Crippen LogP contribution < -0.4 is 0 Å². The van der Waals surface area contributed by atoms with Crippen LogP contribution in [-0.4, -0.2) is 78.4 Å². The Morgan fingerprint density at radius 1 is 1.16 bits per heavy atom. The van der Waals surface area contributed by atoms with Crippen LogP contribution in [0.1, 0.15) is 38.7 Å². The van der Waals surface area contributed by atoms with Crippen molar-refractivity contribution in [2.45, 2.75) is 33.1 Å². The molecule has 2 amide bonds. The number of likely N-dealkylation sites (N-methyl/N-ethyl adjacent to an activating group) is 1. The largest absolute Gasteiger partial charge is 0.463 e. The third kappa shape index (κ3) is 5.28. The van der Waals surface area contributed by atoms with Crippen LogP contribution in [-0.2, 0) is 19.1 Å². The van der Waals surface area contributed by atoms with Gasteiger partial charge >= 0.3 is 5.97 Å². The van der Waals surface area contributed by atoms with E-state index in [9.17, 15) is 14.4 Å². The Hall–Kier alpha value is -2.38. The average Bonchev–Trinajstić information content (AvgIpc) is 2.76. The molecule has 8 heteroatoms. The van der Waals surface area contributed by atoms with E-state index in [1.165, 1.54) is 4.90 Å². The van der Waals surface area contributed by atoms with Crippen molar-refractivity contribution in [3.05, 3.63) is 46.1 Å². The number of hydrogen-bond donors (Lipinski definition) is 0. The van der Waals surface area contributed by atoms with E-state index in [1.54, 1.807) is 36.9 Å². The molecule has 1 aromatic rings. The standard InChI is InChI=1S/C23H30ClN3O4/c1-4-25-9-11-26(12-10-25)21(29)15-27-16(3)22(23(30)31-5-2)19(14-20(27)28)17-7-6-8-18(24)13-17/h6-8,13,19H,4-5,9-12,14-15H2,1-3H3. The van der Waals surface area contributed by atoms with Crippen molar-refractivity contribution in [1.82, 2.24) is 14.7 Å². The molecule has 1 aromatic carbocycles. The van der Waals surface area contributed by atoms with Gasteiger partial charge in [0.05, 0.1) is 12.2 Å². The Labute approximate surface area is 188 Å². The first kappa shape index (κ1) is 23.3. The van der Waals surface area contributed by atoms with E-state index in [4.69, 9.17) is 16.3 Å². The first-order valence-electron chi connectivity index (χ1n) is 10.8. The van der Waals surface area contributed by atoms with Gasteiger partial charge in [-0.1, -0.05) is 30.7 Å². The molecule has 168 valence electrons. The lowest BCUT2D eigenvalue weighted by Gasteiger charge is -2.37. The summed E-state index contributed by atoms with van der Waals surface area (Å²) < 4.78 is 5.29. The number of rotatable bonds is 6. The van der Waals surface area contributed by atoms with Crippen LogP contribution in [0.4, 0.5) is 0 Å². The smallest absolute Gasteiger partial charge is 0.336 e. The predicted octanol–water partition coefficient (Wildman–Crippen LogP) is 2.66. The third-order valence-electron chi connectivity index (χ3n) is 6.03. The summed E-state index contributed by atoms with van der Waals surface area (Å²) in [7, 11) is 0. The van der Waals surface area contributed by atoms with Gasteiger partial charge in [-0.25, -0.2) is 4.79 Å². The van der Waals surface area contributed by atoms with Crippen LogP contribution in [0.25, 0.3) is 0 Å². The van der Waals surface area contributed by atoms with Crippen LogP contribution in [0.5, 0.6) is 0 Å². The molecule has 0 saturated carbocycles. The van der Waals surface area contributed by atoms with E-state index in [-0.39, 0.29) is 31.4 Å². The van der Waals surface area contributed by atoms with E-state index in [1.807, 2.05) is 6.07 Å². The molecule has 0 radical (unpaired) electrons. The molecule has 1 atom stereocenters. The van der Waals surface area contributed by atoms with Crippen molar-refractivity contribution < 1.29 is 19.1 Å². The van der Waals surface area contributed by atoms with Gasteiger partial charge in [-0.15, -0.1) is 0 Å². The molecular weight excluding hydrogens is 418 g/mol. The predicted molar refractivity (Wildman–Crippen MR) is 119 cm³/mol. The Morgan fingerprint density at radius 2 is 1.87 bits per heavy atom. The molecule has 1 saturated heterocycles. The van der Waals surface area contributed by atoms with E-state index >= 15 is 0 Å².